The molecule has 2 aromatic heterocycles. The first kappa shape index (κ1) is 25.3. The molecule has 0 radical (unpaired) electrons. The van der Waals surface area contributed by atoms with Crippen LogP contribution in [0.3, 0.4) is 0 Å². The molecule has 0 bridgehead atoms. The highest BCUT2D eigenvalue weighted by molar-refractivity contribution is 7.99. The standard InChI is InChI=1S/C24H25FN4O2S.2ClH/c25-19-3-1-16-2-4-22(30)29-13-17(23(19)24(16)29)12-28-6-5-15(11-28)8-26-9-18-7-21-20(10-27-18)31-14-32-21;;/h1-4,7,10,15,17,26H,5-6,8-9,11-14H2;2*1H. The number of nitrogens with one attached hydrogen (secondary N) is 1. The van der Waals surface area contributed by atoms with Crippen LogP contribution < -0.4 is 15.6 Å². The number of fused-ring (bicyclic) bond motifs is 1. The van der Waals surface area contributed by atoms with Gasteiger partial charge in [-0.15, -0.1) is 24.8 Å². The molecule has 0 amide bonds. The van der Waals surface area contributed by atoms with Crippen LogP contribution in [0.4, 0.5) is 4.39 Å². The number of ether oxygens (including phenoxy) is 1. The Bertz CT molecular complexity index is 1260. The van der Waals surface area contributed by atoms with Crippen LogP contribution in [0.5, 0.6) is 5.75 Å². The summed E-state index contributed by atoms with van der Waals surface area (Å²) in [6, 6.07) is 8.81. The molecule has 3 aliphatic heterocycles. The number of hydrogen-bond acceptors (Lipinski definition) is 6. The summed E-state index contributed by atoms with van der Waals surface area (Å²) in [6.07, 6.45) is 2.94. The molecule has 1 N–H and O–H groups in total. The van der Waals surface area contributed by atoms with Gasteiger partial charge in [-0.05, 0) is 55.1 Å². The molecule has 6 nitrogen and oxygen atoms in total. The molecule has 3 aliphatic rings. The third-order valence-corrected chi connectivity index (χ3v) is 7.72. The lowest BCUT2D eigenvalue weighted by Crippen LogP contribution is -2.30. The van der Waals surface area contributed by atoms with Gasteiger partial charge in [0.15, 0.2) is 5.75 Å². The average Bonchev–Trinajstić information content (AvgIpc) is 3.52. The summed E-state index contributed by atoms with van der Waals surface area (Å²) in [6.45, 7) is 5.05. The van der Waals surface area contributed by atoms with Crippen LogP contribution in [-0.2, 0) is 13.1 Å². The van der Waals surface area contributed by atoms with E-state index in [0.717, 1.165) is 61.5 Å². The molecule has 10 heteroatoms. The second kappa shape index (κ2) is 10.4. The molecule has 1 fully saturated rings. The highest BCUT2D eigenvalue weighted by Crippen LogP contribution is 2.36. The Kier molecular flexibility index (Phi) is 7.74. The molecule has 6 rings (SSSR count). The Labute approximate surface area is 214 Å². The SMILES string of the molecule is Cl.Cl.O=c1ccc2ccc(F)c3c2n1CC3CN1CCC(CNCc2cc3c(cn2)OCS3)C1. The van der Waals surface area contributed by atoms with Gasteiger partial charge in [-0.2, -0.15) is 0 Å². The molecule has 3 aromatic rings. The highest BCUT2D eigenvalue weighted by atomic mass is 35.5. The zero-order chi connectivity index (χ0) is 21.7. The Morgan fingerprint density at radius 3 is 2.94 bits per heavy atom. The van der Waals surface area contributed by atoms with Gasteiger partial charge in [0, 0.05) is 43.7 Å². The molecule has 0 spiro atoms. The Balaban J connectivity index is 0.00000137. The highest BCUT2D eigenvalue weighted by Gasteiger charge is 2.32. The van der Waals surface area contributed by atoms with Crippen molar-refractivity contribution in [3.63, 3.8) is 0 Å². The molecule has 0 aliphatic carbocycles. The smallest absolute Gasteiger partial charge is 0.251 e. The van der Waals surface area contributed by atoms with E-state index in [-0.39, 0.29) is 42.1 Å². The Hall–Kier alpha value is -1.84. The van der Waals surface area contributed by atoms with Crippen molar-refractivity contribution in [2.24, 2.45) is 5.92 Å². The quantitative estimate of drug-likeness (QED) is 0.525. The second-order valence-corrected chi connectivity index (χ2v) is 9.92. The number of benzene rings is 1. The van der Waals surface area contributed by atoms with Crippen molar-refractivity contribution in [2.75, 3.05) is 32.1 Å². The molecular formula is C24H27Cl2FN4O2S. The third-order valence-electron chi connectivity index (χ3n) is 6.85. The summed E-state index contributed by atoms with van der Waals surface area (Å²) < 4.78 is 22.0. The van der Waals surface area contributed by atoms with Gasteiger partial charge in [-0.3, -0.25) is 9.78 Å². The second-order valence-electron chi connectivity index (χ2n) is 8.95. The van der Waals surface area contributed by atoms with Gasteiger partial charge in [0.05, 0.1) is 22.3 Å². The van der Waals surface area contributed by atoms with E-state index in [0.29, 0.717) is 24.0 Å². The van der Waals surface area contributed by atoms with Crippen LogP contribution in [0.1, 0.15) is 23.6 Å². The van der Waals surface area contributed by atoms with Crippen LogP contribution in [0.25, 0.3) is 10.9 Å². The molecule has 5 heterocycles. The Morgan fingerprint density at radius 1 is 1.21 bits per heavy atom. The fraction of sp³-hybridized carbons (Fsp3) is 0.417. The number of nitrogens with zero attached hydrogens (tertiary/aromatic N) is 3. The van der Waals surface area contributed by atoms with Gasteiger partial charge in [0.25, 0.3) is 5.56 Å². The summed E-state index contributed by atoms with van der Waals surface area (Å²) in [5.41, 5.74) is 2.49. The molecular weight excluding hydrogens is 498 g/mol. The number of aromatic nitrogens is 2. The predicted molar refractivity (Wildman–Crippen MR) is 137 cm³/mol. The molecule has 182 valence electrons. The topological polar surface area (TPSA) is 59.4 Å². The molecule has 0 saturated carbocycles. The van der Waals surface area contributed by atoms with Gasteiger partial charge in [-0.25, -0.2) is 4.39 Å². The maximum atomic E-state index is 14.7. The molecule has 2 atom stereocenters. The molecule has 1 aromatic carbocycles. The lowest BCUT2D eigenvalue weighted by Gasteiger charge is -2.21. The van der Waals surface area contributed by atoms with E-state index in [1.165, 1.54) is 4.90 Å². The fourth-order valence-corrected chi connectivity index (χ4v) is 6.11. The van der Waals surface area contributed by atoms with Crippen molar-refractivity contribution in [3.05, 3.63) is 64.0 Å². The van der Waals surface area contributed by atoms with Crippen molar-refractivity contribution in [1.82, 2.24) is 19.8 Å². The van der Waals surface area contributed by atoms with E-state index in [1.54, 1.807) is 40.6 Å². The van der Waals surface area contributed by atoms with E-state index in [9.17, 15) is 9.18 Å². The minimum absolute atomic E-state index is 0. The van der Waals surface area contributed by atoms with Crippen molar-refractivity contribution in [1.29, 1.82) is 0 Å². The normalized spacial score (nSPS) is 20.6. The summed E-state index contributed by atoms with van der Waals surface area (Å²) in [5, 5.41) is 4.49. The van der Waals surface area contributed by atoms with Gasteiger partial charge >= 0.3 is 0 Å². The van der Waals surface area contributed by atoms with Gasteiger partial charge in [-0.1, -0.05) is 11.8 Å². The van der Waals surface area contributed by atoms with Crippen LogP contribution in [-0.4, -0.2) is 46.6 Å². The summed E-state index contributed by atoms with van der Waals surface area (Å²) in [5.74, 6) is 1.95. The lowest BCUT2D eigenvalue weighted by molar-refractivity contribution is 0.291. The van der Waals surface area contributed by atoms with Crippen molar-refractivity contribution >= 4 is 47.5 Å². The van der Waals surface area contributed by atoms with Crippen LogP contribution in [0.2, 0.25) is 0 Å². The number of likely N-dealkylation sites (tertiary alicyclic amines) is 1. The predicted octanol–water partition coefficient (Wildman–Crippen LogP) is 4.03. The van der Waals surface area contributed by atoms with E-state index in [2.05, 4.69) is 21.3 Å². The maximum absolute atomic E-state index is 14.7. The van der Waals surface area contributed by atoms with Crippen molar-refractivity contribution in [3.8, 4) is 5.75 Å². The number of halogens is 3. The van der Waals surface area contributed by atoms with Crippen LogP contribution in [0, 0.1) is 11.7 Å². The zero-order valence-corrected chi connectivity index (χ0v) is 21.0. The van der Waals surface area contributed by atoms with Crippen molar-refractivity contribution < 1.29 is 9.13 Å². The minimum Gasteiger partial charge on any atom is -0.480 e. The van der Waals surface area contributed by atoms with Crippen LogP contribution in [0.15, 0.2) is 46.2 Å². The number of thioether (sulfide) groups is 1. The minimum atomic E-state index is -0.192. The molecule has 2 unspecified atom stereocenters. The third kappa shape index (κ3) is 4.66. The summed E-state index contributed by atoms with van der Waals surface area (Å²) >= 11 is 1.71. The summed E-state index contributed by atoms with van der Waals surface area (Å²) in [4.78, 5) is 20.4. The van der Waals surface area contributed by atoms with E-state index >= 15 is 0 Å². The van der Waals surface area contributed by atoms with E-state index in [1.807, 2.05) is 6.20 Å². The summed E-state index contributed by atoms with van der Waals surface area (Å²) in [7, 11) is 0. The Morgan fingerprint density at radius 2 is 2.06 bits per heavy atom. The number of pyridine rings is 2. The monoisotopic (exact) mass is 524 g/mol. The lowest BCUT2D eigenvalue weighted by atomic mass is 9.98. The molecule has 1 saturated heterocycles. The zero-order valence-electron chi connectivity index (χ0n) is 18.5. The first-order chi connectivity index (χ1) is 15.7. The van der Waals surface area contributed by atoms with Crippen LogP contribution >= 0.6 is 36.6 Å². The van der Waals surface area contributed by atoms with Gasteiger partial charge < -0.3 is 19.5 Å². The number of hydrogen-bond donors (Lipinski definition) is 1. The van der Waals surface area contributed by atoms with E-state index < -0.39 is 0 Å². The van der Waals surface area contributed by atoms with Crippen molar-refractivity contribution in [2.45, 2.75) is 30.3 Å². The van der Waals surface area contributed by atoms with E-state index in [4.69, 9.17) is 4.74 Å². The molecule has 34 heavy (non-hydrogen) atoms. The first-order valence-electron chi connectivity index (χ1n) is 11.2. The number of rotatable bonds is 6. The largest absolute Gasteiger partial charge is 0.480 e. The maximum Gasteiger partial charge on any atom is 0.251 e. The van der Waals surface area contributed by atoms with Gasteiger partial charge in [0.2, 0.25) is 0 Å². The fourth-order valence-electron chi connectivity index (χ4n) is 5.33. The first-order valence-corrected chi connectivity index (χ1v) is 12.1. The van der Waals surface area contributed by atoms with Gasteiger partial charge in [0.1, 0.15) is 11.8 Å². The average molecular weight is 525 g/mol.